The van der Waals surface area contributed by atoms with Crippen LogP contribution in [0.5, 0.6) is 0 Å². The minimum atomic E-state index is 0.912. The van der Waals surface area contributed by atoms with E-state index in [1.54, 1.807) is 5.57 Å². The van der Waals surface area contributed by atoms with Crippen LogP contribution in [0.4, 0.5) is 0 Å². The van der Waals surface area contributed by atoms with Crippen molar-refractivity contribution >= 4 is 5.96 Å². The maximum absolute atomic E-state index is 4.28. The van der Waals surface area contributed by atoms with Crippen LogP contribution >= 0.6 is 0 Å². The van der Waals surface area contributed by atoms with Crippen LogP contribution in [0.25, 0.3) is 0 Å². The van der Waals surface area contributed by atoms with Crippen LogP contribution < -0.4 is 16.0 Å². The van der Waals surface area contributed by atoms with Gasteiger partial charge in [0, 0.05) is 19.6 Å². The van der Waals surface area contributed by atoms with Crippen molar-refractivity contribution in [2.24, 2.45) is 4.99 Å². The second-order valence-electron chi connectivity index (χ2n) is 3.65. The molecule has 2 rings (SSSR count). The van der Waals surface area contributed by atoms with Gasteiger partial charge in [0.15, 0.2) is 5.96 Å². The van der Waals surface area contributed by atoms with Crippen molar-refractivity contribution < 1.29 is 0 Å². The summed E-state index contributed by atoms with van der Waals surface area (Å²) in [6.45, 7) is 5.06. The lowest BCUT2D eigenvalue weighted by atomic mass is 10.1. The molecule has 0 spiro atoms. The van der Waals surface area contributed by atoms with Crippen LogP contribution in [-0.2, 0) is 0 Å². The van der Waals surface area contributed by atoms with E-state index in [2.05, 4.69) is 27.0 Å². The van der Waals surface area contributed by atoms with Crippen LogP contribution in [0.3, 0.4) is 0 Å². The van der Waals surface area contributed by atoms with Crippen molar-refractivity contribution in [3.05, 3.63) is 11.6 Å². The van der Waals surface area contributed by atoms with Gasteiger partial charge in [-0.15, -0.1) is 0 Å². The Kier molecular flexibility index (Phi) is 3.40. The summed E-state index contributed by atoms with van der Waals surface area (Å²) in [5.41, 5.74) is 1.56. The Morgan fingerprint density at radius 3 is 3.14 bits per heavy atom. The molecule has 0 saturated carbocycles. The first-order valence-electron chi connectivity index (χ1n) is 5.36. The Balaban J connectivity index is 1.64. The number of nitrogens with one attached hydrogen (secondary N) is 3. The molecule has 0 radical (unpaired) electrons. The maximum atomic E-state index is 4.28. The molecule has 3 N–H and O–H groups in total. The zero-order chi connectivity index (χ0) is 9.64. The van der Waals surface area contributed by atoms with Gasteiger partial charge in [-0.1, -0.05) is 11.6 Å². The number of rotatable bonds is 3. The molecule has 0 aromatic rings. The summed E-state index contributed by atoms with van der Waals surface area (Å²) in [7, 11) is 0. The lowest BCUT2D eigenvalue weighted by Gasteiger charge is -2.14. The first-order valence-corrected chi connectivity index (χ1v) is 5.36. The van der Waals surface area contributed by atoms with Crippen molar-refractivity contribution in [1.82, 2.24) is 16.0 Å². The predicted molar refractivity (Wildman–Crippen MR) is 58.5 cm³/mol. The van der Waals surface area contributed by atoms with Gasteiger partial charge in [-0.25, -0.2) is 0 Å². The zero-order valence-corrected chi connectivity index (χ0v) is 8.47. The van der Waals surface area contributed by atoms with Crippen molar-refractivity contribution in [3.8, 4) is 0 Å². The molecule has 0 aliphatic carbocycles. The second-order valence-corrected chi connectivity index (χ2v) is 3.65. The van der Waals surface area contributed by atoms with Crippen LogP contribution in [0.2, 0.25) is 0 Å². The van der Waals surface area contributed by atoms with E-state index < -0.39 is 0 Å². The Hall–Kier alpha value is -1.03. The summed E-state index contributed by atoms with van der Waals surface area (Å²) in [5.74, 6) is 0.972. The largest absolute Gasteiger partial charge is 0.356 e. The van der Waals surface area contributed by atoms with Crippen molar-refractivity contribution in [2.45, 2.75) is 12.8 Å². The lowest BCUT2D eigenvalue weighted by molar-refractivity contribution is 0.672. The SMILES string of the molecule is C1=C(CCNC2=NCCN2)CCNC1. The first-order chi connectivity index (χ1) is 6.95. The second kappa shape index (κ2) is 5.00. The van der Waals surface area contributed by atoms with E-state index >= 15 is 0 Å². The highest BCUT2D eigenvalue weighted by Gasteiger charge is 2.05. The third kappa shape index (κ3) is 2.73. The fourth-order valence-corrected chi connectivity index (χ4v) is 1.75. The highest BCUT2D eigenvalue weighted by molar-refractivity contribution is 5.81. The smallest absolute Gasteiger partial charge is 0.191 e. The average molecular weight is 194 g/mol. The van der Waals surface area contributed by atoms with E-state index in [0.717, 1.165) is 45.1 Å². The molecule has 0 fully saturated rings. The molecular weight excluding hydrogens is 176 g/mol. The molecule has 0 atom stereocenters. The maximum Gasteiger partial charge on any atom is 0.191 e. The van der Waals surface area contributed by atoms with Crippen molar-refractivity contribution in [2.75, 3.05) is 32.7 Å². The van der Waals surface area contributed by atoms with Crippen molar-refractivity contribution in [3.63, 3.8) is 0 Å². The minimum Gasteiger partial charge on any atom is -0.356 e. The Bertz CT molecular complexity index is 245. The van der Waals surface area contributed by atoms with E-state index in [0.29, 0.717) is 0 Å². The molecule has 0 aromatic heterocycles. The van der Waals surface area contributed by atoms with Gasteiger partial charge in [0.2, 0.25) is 0 Å². The quantitative estimate of drug-likeness (QED) is 0.547. The third-order valence-electron chi connectivity index (χ3n) is 2.57. The van der Waals surface area contributed by atoms with E-state index in [1.165, 1.54) is 6.42 Å². The van der Waals surface area contributed by atoms with Gasteiger partial charge >= 0.3 is 0 Å². The molecular formula is C10H18N4. The molecule has 2 heterocycles. The predicted octanol–water partition coefficient (Wildman–Crippen LogP) is -0.155. The fourth-order valence-electron chi connectivity index (χ4n) is 1.75. The summed E-state index contributed by atoms with van der Waals surface area (Å²) in [5, 5.41) is 9.82. The third-order valence-corrected chi connectivity index (χ3v) is 2.57. The van der Waals surface area contributed by atoms with Crippen molar-refractivity contribution in [1.29, 1.82) is 0 Å². The standard InChI is InChI=1S/C10H18N4/c1-4-11-5-2-9(1)3-6-12-10-13-7-8-14-10/h1,11H,2-8H2,(H2,12,13,14). The summed E-state index contributed by atoms with van der Waals surface area (Å²) >= 11 is 0. The summed E-state index contributed by atoms with van der Waals surface area (Å²) in [6, 6.07) is 0. The monoisotopic (exact) mass is 194 g/mol. The summed E-state index contributed by atoms with van der Waals surface area (Å²) in [6.07, 6.45) is 4.64. The highest BCUT2D eigenvalue weighted by atomic mass is 15.2. The Labute approximate surface area is 84.9 Å². The van der Waals surface area contributed by atoms with E-state index in [1.807, 2.05) is 0 Å². The van der Waals surface area contributed by atoms with Gasteiger partial charge in [-0.3, -0.25) is 4.99 Å². The molecule has 78 valence electrons. The molecule has 0 saturated heterocycles. The summed E-state index contributed by atoms with van der Waals surface area (Å²) < 4.78 is 0. The van der Waals surface area contributed by atoms with Crippen LogP contribution in [-0.4, -0.2) is 38.7 Å². The molecule has 0 unspecified atom stereocenters. The molecule has 4 nitrogen and oxygen atoms in total. The number of aliphatic imine (C=N–C) groups is 1. The number of hydrogen-bond donors (Lipinski definition) is 3. The van der Waals surface area contributed by atoms with Gasteiger partial charge in [0.25, 0.3) is 0 Å². The average Bonchev–Trinajstić information content (AvgIpc) is 2.72. The normalized spacial score (nSPS) is 21.1. The van der Waals surface area contributed by atoms with E-state index in [-0.39, 0.29) is 0 Å². The van der Waals surface area contributed by atoms with E-state index in [4.69, 9.17) is 0 Å². The van der Waals surface area contributed by atoms with Gasteiger partial charge < -0.3 is 16.0 Å². The molecule has 2 aliphatic rings. The highest BCUT2D eigenvalue weighted by Crippen LogP contribution is 2.07. The summed E-state index contributed by atoms with van der Waals surface area (Å²) in [4.78, 5) is 4.28. The molecule has 0 amide bonds. The van der Waals surface area contributed by atoms with Gasteiger partial charge in [0.05, 0.1) is 6.54 Å². The molecule has 2 aliphatic heterocycles. The van der Waals surface area contributed by atoms with E-state index in [9.17, 15) is 0 Å². The number of hydrogen-bond acceptors (Lipinski definition) is 4. The number of nitrogens with zero attached hydrogens (tertiary/aromatic N) is 1. The van der Waals surface area contributed by atoms with Crippen LogP contribution in [0.1, 0.15) is 12.8 Å². The minimum absolute atomic E-state index is 0.912. The van der Waals surface area contributed by atoms with Crippen LogP contribution in [0.15, 0.2) is 16.6 Å². The molecule has 4 heteroatoms. The van der Waals surface area contributed by atoms with Gasteiger partial charge in [-0.05, 0) is 19.4 Å². The first kappa shape index (κ1) is 9.52. The lowest BCUT2D eigenvalue weighted by Crippen LogP contribution is -2.34. The Morgan fingerprint density at radius 2 is 2.43 bits per heavy atom. The number of guanidine groups is 1. The molecule has 14 heavy (non-hydrogen) atoms. The fraction of sp³-hybridized carbons (Fsp3) is 0.700. The molecule has 0 bridgehead atoms. The van der Waals surface area contributed by atoms with Gasteiger partial charge in [0.1, 0.15) is 0 Å². The zero-order valence-electron chi connectivity index (χ0n) is 8.47. The topological polar surface area (TPSA) is 48.5 Å². The Morgan fingerprint density at radius 1 is 1.43 bits per heavy atom. The van der Waals surface area contributed by atoms with Crippen LogP contribution in [0, 0.1) is 0 Å². The molecule has 0 aromatic carbocycles. The van der Waals surface area contributed by atoms with Gasteiger partial charge in [-0.2, -0.15) is 0 Å².